The van der Waals surface area contributed by atoms with Crippen molar-refractivity contribution in [2.45, 2.75) is 25.7 Å². The number of hydrogen-bond donors (Lipinski definition) is 0. The van der Waals surface area contributed by atoms with Gasteiger partial charge < -0.3 is 0 Å². The third-order valence-corrected chi connectivity index (χ3v) is 2.92. The zero-order valence-electron chi connectivity index (χ0n) is 5.92. The van der Waals surface area contributed by atoms with Gasteiger partial charge in [0.15, 0.2) is 0 Å². The summed E-state index contributed by atoms with van der Waals surface area (Å²) in [5, 5.41) is 1.25. The van der Waals surface area contributed by atoms with Gasteiger partial charge >= 0.3 is 0 Å². The van der Waals surface area contributed by atoms with Gasteiger partial charge in [-0.15, -0.1) is 11.3 Å². The van der Waals surface area contributed by atoms with Crippen LogP contribution in [0.3, 0.4) is 0 Å². The highest BCUT2D eigenvalue weighted by molar-refractivity contribution is 7.20. The zero-order chi connectivity index (χ0) is 7.14. The molecule has 1 saturated carbocycles. The molecule has 1 aliphatic carbocycles. The molecule has 10 heavy (non-hydrogen) atoms. The van der Waals surface area contributed by atoms with Crippen molar-refractivity contribution in [3.05, 3.63) is 10.7 Å². The van der Waals surface area contributed by atoms with Crippen molar-refractivity contribution in [3.8, 4) is 0 Å². The second kappa shape index (κ2) is 2.09. The smallest absolute Gasteiger partial charge is 0.131 e. The summed E-state index contributed by atoms with van der Waals surface area (Å²) in [4.78, 5) is 4.37. The molecule has 0 atom stereocenters. The van der Waals surface area contributed by atoms with Crippen molar-refractivity contribution in [1.82, 2.24) is 4.98 Å². The Kier molecular flexibility index (Phi) is 1.34. The largest absolute Gasteiger partial charge is 0.247 e. The topological polar surface area (TPSA) is 12.9 Å². The van der Waals surface area contributed by atoms with E-state index in [1.54, 1.807) is 11.3 Å². The first-order valence-electron chi connectivity index (χ1n) is 3.50. The van der Waals surface area contributed by atoms with Crippen LogP contribution in [-0.4, -0.2) is 12.8 Å². The van der Waals surface area contributed by atoms with Crippen LogP contribution in [0, 0.1) is 6.92 Å². The van der Waals surface area contributed by atoms with E-state index in [0.717, 1.165) is 16.4 Å². The first kappa shape index (κ1) is 6.41. The molecular weight excluding hydrogens is 141 g/mol. The molecule has 0 aromatic carbocycles. The summed E-state index contributed by atoms with van der Waals surface area (Å²) in [5.41, 5.74) is 1.01. The molecule has 3 heteroatoms. The van der Waals surface area contributed by atoms with Crippen LogP contribution in [0.1, 0.15) is 29.5 Å². The highest BCUT2D eigenvalue weighted by Gasteiger charge is 2.26. The SMILES string of the molecule is [B]c1sc(C2CC2)nc1C. The van der Waals surface area contributed by atoms with Crippen molar-refractivity contribution < 1.29 is 0 Å². The lowest BCUT2D eigenvalue weighted by molar-refractivity contribution is 1.06. The molecule has 50 valence electrons. The van der Waals surface area contributed by atoms with E-state index >= 15 is 0 Å². The Hall–Kier alpha value is -0.305. The maximum absolute atomic E-state index is 5.66. The first-order chi connectivity index (χ1) is 4.77. The lowest BCUT2D eigenvalue weighted by atomic mass is 10.1. The Morgan fingerprint density at radius 1 is 1.60 bits per heavy atom. The lowest BCUT2D eigenvalue weighted by Crippen LogP contribution is -1.97. The maximum Gasteiger partial charge on any atom is 0.131 e. The molecule has 1 heterocycles. The number of aryl methyl sites for hydroxylation is 1. The quantitative estimate of drug-likeness (QED) is 0.545. The Labute approximate surface area is 65.9 Å². The van der Waals surface area contributed by atoms with Gasteiger partial charge in [-0.05, 0) is 24.5 Å². The molecule has 0 aliphatic heterocycles. The van der Waals surface area contributed by atoms with Gasteiger partial charge in [0, 0.05) is 11.6 Å². The molecular formula is C7H8BNS. The number of rotatable bonds is 1. The fourth-order valence-electron chi connectivity index (χ4n) is 0.935. The fourth-order valence-corrected chi connectivity index (χ4v) is 1.94. The monoisotopic (exact) mass is 149 g/mol. The van der Waals surface area contributed by atoms with Gasteiger partial charge in [-0.3, -0.25) is 0 Å². The van der Waals surface area contributed by atoms with E-state index in [9.17, 15) is 0 Å². The van der Waals surface area contributed by atoms with Crippen LogP contribution < -0.4 is 4.78 Å². The predicted molar refractivity (Wildman–Crippen MR) is 44.2 cm³/mol. The van der Waals surface area contributed by atoms with Crippen molar-refractivity contribution in [2.75, 3.05) is 0 Å². The van der Waals surface area contributed by atoms with Gasteiger partial charge in [-0.25, -0.2) is 4.98 Å². The molecule has 1 aromatic heterocycles. The Morgan fingerprint density at radius 2 is 2.30 bits per heavy atom. The van der Waals surface area contributed by atoms with Crippen molar-refractivity contribution in [1.29, 1.82) is 0 Å². The molecule has 0 bridgehead atoms. The average molecular weight is 149 g/mol. The molecule has 0 unspecified atom stereocenters. The summed E-state index contributed by atoms with van der Waals surface area (Å²) < 4.78 is 0.891. The molecule has 2 radical (unpaired) electrons. The molecule has 1 aliphatic rings. The van der Waals surface area contributed by atoms with Crippen LogP contribution in [0.4, 0.5) is 0 Å². The Bertz CT molecular complexity index is 233. The van der Waals surface area contributed by atoms with E-state index in [2.05, 4.69) is 4.98 Å². The summed E-state index contributed by atoms with van der Waals surface area (Å²) in [6.07, 6.45) is 2.62. The molecule has 0 N–H and O–H groups in total. The highest BCUT2D eigenvalue weighted by Crippen LogP contribution is 2.40. The van der Waals surface area contributed by atoms with Crippen LogP contribution in [0.15, 0.2) is 0 Å². The van der Waals surface area contributed by atoms with Crippen molar-refractivity contribution >= 4 is 24.0 Å². The standard InChI is InChI=1S/C7H8BNS/c1-4-6(8)10-7(9-4)5-2-3-5/h5H,2-3H2,1H3. The minimum absolute atomic E-state index is 0.751. The molecule has 1 aromatic rings. The van der Waals surface area contributed by atoms with Gasteiger partial charge in [-0.1, -0.05) is 0 Å². The highest BCUT2D eigenvalue weighted by atomic mass is 32.1. The van der Waals surface area contributed by atoms with E-state index in [4.69, 9.17) is 7.85 Å². The molecule has 0 amide bonds. The third kappa shape index (κ3) is 0.987. The molecule has 1 fully saturated rings. The predicted octanol–water partition coefficient (Wildman–Crippen LogP) is 1.12. The number of hydrogen-bond acceptors (Lipinski definition) is 2. The van der Waals surface area contributed by atoms with E-state index in [1.165, 1.54) is 17.8 Å². The third-order valence-electron chi connectivity index (χ3n) is 1.78. The van der Waals surface area contributed by atoms with Crippen LogP contribution >= 0.6 is 11.3 Å². The summed E-state index contributed by atoms with van der Waals surface area (Å²) >= 11 is 1.65. The maximum atomic E-state index is 5.66. The molecule has 2 rings (SSSR count). The summed E-state index contributed by atoms with van der Waals surface area (Å²) in [6.45, 7) is 1.97. The number of aromatic nitrogens is 1. The summed E-state index contributed by atoms with van der Waals surface area (Å²) in [7, 11) is 5.66. The molecule has 0 saturated heterocycles. The van der Waals surface area contributed by atoms with Crippen LogP contribution in [0.5, 0.6) is 0 Å². The van der Waals surface area contributed by atoms with Crippen LogP contribution in [-0.2, 0) is 0 Å². The Balaban J connectivity index is 2.34. The van der Waals surface area contributed by atoms with Crippen LogP contribution in [0.25, 0.3) is 0 Å². The van der Waals surface area contributed by atoms with Gasteiger partial charge in [0.25, 0.3) is 0 Å². The summed E-state index contributed by atoms with van der Waals surface area (Å²) in [6, 6.07) is 0. The minimum Gasteiger partial charge on any atom is -0.247 e. The first-order valence-corrected chi connectivity index (χ1v) is 4.32. The van der Waals surface area contributed by atoms with Crippen molar-refractivity contribution in [3.63, 3.8) is 0 Å². The van der Waals surface area contributed by atoms with E-state index in [0.29, 0.717) is 0 Å². The molecule has 0 spiro atoms. The molecule has 1 nitrogen and oxygen atoms in total. The number of thiazole rings is 1. The van der Waals surface area contributed by atoms with Gasteiger partial charge in [0.05, 0.1) is 5.01 Å². The second-order valence-corrected chi connectivity index (χ2v) is 3.84. The van der Waals surface area contributed by atoms with E-state index in [1.807, 2.05) is 6.92 Å². The number of nitrogens with zero attached hydrogens (tertiary/aromatic N) is 1. The van der Waals surface area contributed by atoms with E-state index < -0.39 is 0 Å². The zero-order valence-corrected chi connectivity index (χ0v) is 6.74. The van der Waals surface area contributed by atoms with Gasteiger partial charge in [0.2, 0.25) is 0 Å². The van der Waals surface area contributed by atoms with E-state index in [-0.39, 0.29) is 0 Å². The fraction of sp³-hybridized carbons (Fsp3) is 0.571. The average Bonchev–Trinajstić information content (AvgIpc) is 2.64. The van der Waals surface area contributed by atoms with Crippen molar-refractivity contribution in [2.24, 2.45) is 0 Å². The normalized spacial score (nSPS) is 17.7. The van der Waals surface area contributed by atoms with Gasteiger partial charge in [-0.2, -0.15) is 0 Å². The van der Waals surface area contributed by atoms with Crippen LogP contribution in [0.2, 0.25) is 0 Å². The minimum atomic E-state index is 0.751. The Morgan fingerprint density at radius 3 is 2.70 bits per heavy atom. The van der Waals surface area contributed by atoms with Gasteiger partial charge in [0.1, 0.15) is 7.85 Å². The second-order valence-electron chi connectivity index (χ2n) is 2.78. The summed E-state index contributed by atoms with van der Waals surface area (Å²) in [5.74, 6) is 0.751. The lowest BCUT2D eigenvalue weighted by Gasteiger charge is -1.82.